The van der Waals surface area contributed by atoms with Crippen LogP contribution in [0.4, 0.5) is 0 Å². The van der Waals surface area contributed by atoms with Crippen molar-refractivity contribution in [3.05, 3.63) is 47.1 Å². The molecule has 19 atom stereocenters. The van der Waals surface area contributed by atoms with Gasteiger partial charge in [-0.2, -0.15) is 0 Å². The number of aliphatic hydroxyl groups is 2. The van der Waals surface area contributed by atoms with Crippen LogP contribution in [0.2, 0.25) is 0 Å². The Morgan fingerprint density at radius 1 is 0.883 bits per heavy atom. The van der Waals surface area contributed by atoms with Gasteiger partial charge >= 0.3 is 5.97 Å². The van der Waals surface area contributed by atoms with Gasteiger partial charge in [0.1, 0.15) is 24.4 Å². The van der Waals surface area contributed by atoms with Crippen LogP contribution in [0.3, 0.4) is 0 Å². The molecule has 60 heavy (non-hydrogen) atoms. The number of carbonyl (C=O) groups is 1. The summed E-state index contributed by atoms with van der Waals surface area (Å²) in [6.45, 7) is 16.8. The van der Waals surface area contributed by atoms with Crippen LogP contribution in [0.25, 0.3) is 0 Å². The molecule has 1 aliphatic carbocycles. The lowest BCUT2D eigenvalue weighted by molar-refractivity contribution is -0.340. The van der Waals surface area contributed by atoms with Gasteiger partial charge < -0.3 is 57.6 Å². The van der Waals surface area contributed by atoms with Crippen LogP contribution in [-0.4, -0.2) is 129 Å². The molecule has 5 fully saturated rings. The smallest absolute Gasteiger partial charge is 0.313 e. The van der Waals surface area contributed by atoms with E-state index in [1.54, 1.807) is 14.2 Å². The van der Waals surface area contributed by atoms with Gasteiger partial charge in [0.25, 0.3) is 0 Å². The molecule has 0 aromatic rings. The zero-order valence-electron chi connectivity index (χ0n) is 37.4. The molecule has 2 bridgehead atoms. The maximum absolute atomic E-state index is 14.3. The molecule has 7 aliphatic rings. The zero-order valence-corrected chi connectivity index (χ0v) is 37.4. The number of fused-ring (bicyclic) bond motifs is 2. The molecule has 6 aliphatic heterocycles. The SMILES string of the molecule is COC1C[C@@H](O[C@@H]2C(C)O[C@H](O[C@H]3/C(C)=C/C[C@H]4C[C@H](C[C@@]5(CC[C@@H](C)C(C(C)C)O5)O4)OC(=O)C4C=C(C)[C@H](O)C5OC/C(=C\C=C\[C@H]3C)C45)CC2OC)OC(C)[C@H]1O. The lowest BCUT2D eigenvalue weighted by atomic mass is 9.75. The van der Waals surface area contributed by atoms with Crippen molar-refractivity contribution in [3.63, 3.8) is 0 Å². The second-order valence-corrected chi connectivity index (χ2v) is 19.1. The highest BCUT2D eigenvalue weighted by atomic mass is 16.7. The Bertz CT molecular complexity index is 1610. The normalized spacial score (nSPS) is 49.0. The minimum absolute atomic E-state index is 0.0247. The van der Waals surface area contributed by atoms with E-state index in [9.17, 15) is 15.0 Å². The van der Waals surface area contributed by atoms with Gasteiger partial charge in [0.2, 0.25) is 0 Å². The van der Waals surface area contributed by atoms with Crippen LogP contribution in [0.15, 0.2) is 47.1 Å². The van der Waals surface area contributed by atoms with Crippen molar-refractivity contribution in [2.24, 2.45) is 29.6 Å². The first-order valence-corrected chi connectivity index (χ1v) is 22.5. The van der Waals surface area contributed by atoms with Crippen LogP contribution in [0.5, 0.6) is 0 Å². The van der Waals surface area contributed by atoms with E-state index in [0.29, 0.717) is 56.1 Å². The highest BCUT2D eigenvalue weighted by molar-refractivity contribution is 5.76. The van der Waals surface area contributed by atoms with Gasteiger partial charge in [0, 0.05) is 58.2 Å². The molecule has 13 nitrogen and oxygen atoms in total. The van der Waals surface area contributed by atoms with E-state index in [1.165, 1.54) is 0 Å². The molecule has 6 heterocycles. The summed E-state index contributed by atoms with van der Waals surface area (Å²) in [6.07, 6.45) is 7.98. The van der Waals surface area contributed by atoms with Gasteiger partial charge in [-0.1, -0.05) is 58.1 Å². The molecule has 1 spiro atoms. The van der Waals surface area contributed by atoms with Gasteiger partial charge in [-0.15, -0.1) is 0 Å². The zero-order chi connectivity index (χ0) is 43.0. The largest absolute Gasteiger partial charge is 0.462 e. The Balaban J connectivity index is 1.16. The average molecular weight is 845 g/mol. The van der Waals surface area contributed by atoms with E-state index in [0.717, 1.165) is 24.0 Å². The Morgan fingerprint density at radius 3 is 2.33 bits per heavy atom. The molecule has 13 heteroatoms. The van der Waals surface area contributed by atoms with Crippen molar-refractivity contribution in [2.75, 3.05) is 20.8 Å². The van der Waals surface area contributed by atoms with E-state index >= 15 is 0 Å². The standard InChI is InChI=1S/C47H72O13/c1-24(2)42-27(5)16-17-47(60-42)22-33-19-32(59-47)15-14-26(4)43(25(3)12-11-13-31-23-53-45-39(31)34(46(50)56-33)18-28(6)40(45)48)57-38-21-36(52-10)44(30(8)55-38)58-37-20-35(51-9)41(49)29(7)54-37/h11-14,18,24-25,27,29-30,32-45,48-49H,15-17,19-23H2,1-10H3/b12-11+,26-14+,31-13+/t25-,27-,29?,30?,32+,33-,34?,35?,36?,37-,38-,39?,40+,41-,42?,43-,44-,45?,47+/m1/s1. The van der Waals surface area contributed by atoms with E-state index in [4.69, 9.17) is 47.4 Å². The summed E-state index contributed by atoms with van der Waals surface area (Å²) >= 11 is 0. The first-order valence-electron chi connectivity index (χ1n) is 22.5. The molecular weight excluding hydrogens is 773 g/mol. The number of hydrogen-bond donors (Lipinski definition) is 2. The fraction of sp³-hybridized carbons (Fsp3) is 0.809. The molecule has 7 rings (SSSR count). The number of methoxy groups -OCH3 is 2. The molecule has 2 N–H and O–H groups in total. The maximum Gasteiger partial charge on any atom is 0.313 e. The van der Waals surface area contributed by atoms with E-state index in [1.807, 2.05) is 39.0 Å². The monoisotopic (exact) mass is 844 g/mol. The fourth-order valence-corrected chi connectivity index (χ4v) is 10.8. The van der Waals surface area contributed by atoms with Crippen molar-refractivity contribution >= 4 is 5.97 Å². The van der Waals surface area contributed by atoms with Crippen LogP contribution < -0.4 is 0 Å². The summed E-state index contributed by atoms with van der Waals surface area (Å²) < 4.78 is 64.1. The van der Waals surface area contributed by atoms with Crippen molar-refractivity contribution in [1.29, 1.82) is 0 Å². The third-order valence-corrected chi connectivity index (χ3v) is 14.2. The van der Waals surface area contributed by atoms with Crippen molar-refractivity contribution in [1.82, 2.24) is 0 Å². The van der Waals surface area contributed by atoms with Gasteiger partial charge in [0.05, 0.1) is 61.4 Å². The average Bonchev–Trinajstić information content (AvgIpc) is 3.63. The summed E-state index contributed by atoms with van der Waals surface area (Å²) in [5, 5.41) is 21.7. The molecule has 0 amide bonds. The van der Waals surface area contributed by atoms with Crippen LogP contribution in [0, 0.1) is 29.6 Å². The number of hydrogen-bond acceptors (Lipinski definition) is 13. The molecule has 338 valence electrons. The Hall–Kier alpha value is -2.01. The third kappa shape index (κ3) is 9.87. The van der Waals surface area contributed by atoms with Crippen molar-refractivity contribution in [3.8, 4) is 0 Å². The molecule has 0 saturated carbocycles. The predicted molar refractivity (Wildman–Crippen MR) is 221 cm³/mol. The van der Waals surface area contributed by atoms with Crippen molar-refractivity contribution in [2.45, 2.75) is 192 Å². The van der Waals surface area contributed by atoms with Crippen molar-refractivity contribution < 1.29 is 62.4 Å². The molecule has 0 radical (unpaired) electrons. The second-order valence-electron chi connectivity index (χ2n) is 19.1. The molecule has 0 aromatic heterocycles. The summed E-state index contributed by atoms with van der Waals surface area (Å²) in [5.74, 6) is -1.51. The van der Waals surface area contributed by atoms with Crippen LogP contribution in [0.1, 0.15) is 100 Å². The minimum atomic E-state index is -0.863. The number of allylic oxidation sites excluding steroid dienone is 2. The number of carbonyl (C=O) groups excluding carboxylic acids is 1. The molecule has 0 aromatic carbocycles. The quantitative estimate of drug-likeness (QED) is 0.225. The first kappa shape index (κ1) is 46.0. The van der Waals surface area contributed by atoms with Crippen LogP contribution >= 0.6 is 0 Å². The summed E-state index contributed by atoms with van der Waals surface area (Å²) in [6, 6.07) is 0. The molecule has 5 saturated heterocycles. The van der Waals surface area contributed by atoms with E-state index in [2.05, 4.69) is 46.8 Å². The number of rotatable bonds is 7. The summed E-state index contributed by atoms with van der Waals surface area (Å²) in [5.41, 5.74) is 2.69. The Kier molecular flexibility index (Phi) is 14.9. The second kappa shape index (κ2) is 19.4. The van der Waals surface area contributed by atoms with E-state index < -0.39 is 73.1 Å². The summed E-state index contributed by atoms with van der Waals surface area (Å²) in [4.78, 5) is 14.3. The Labute approximate surface area is 357 Å². The maximum atomic E-state index is 14.3. The number of esters is 1. The number of aliphatic hydroxyl groups excluding tert-OH is 2. The van der Waals surface area contributed by atoms with E-state index in [-0.39, 0.29) is 42.2 Å². The first-order chi connectivity index (χ1) is 28.6. The Morgan fingerprint density at radius 2 is 1.60 bits per heavy atom. The lowest BCUT2D eigenvalue weighted by Gasteiger charge is -2.50. The highest BCUT2D eigenvalue weighted by Crippen LogP contribution is 2.46. The highest BCUT2D eigenvalue weighted by Gasteiger charge is 2.52. The fourth-order valence-electron chi connectivity index (χ4n) is 10.8. The molecule has 8 unspecified atom stereocenters. The number of ether oxygens (including phenoxy) is 10. The third-order valence-electron chi connectivity index (χ3n) is 14.2. The van der Waals surface area contributed by atoms with Crippen LogP contribution in [-0.2, 0) is 52.2 Å². The predicted octanol–water partition coefficient (Wildman–Crippen LogP) is 6.10. The van der Waals surface area contributed by atoms with Gasteiger partial charge in [-0.3, -0.25) is 4.79 Å². The van der Waals surface area contributed by atoms with Gasteiger partial charge in [-0.25, -0.2) is 0 Å². The van der Waals surface area contributed by atoms with Gasteiger partial charge in [0.15, 0.2) is 18.4 Å². The minimum Gasteiger partial charge on any atom is -0.462 e. The molecular formula is C47H72O13. The summed E-state index contributed by atoms with van der Waals surface area (Å²) in [7, 11) is 3.25. The van der Waals surface area contributed by atoms with Gasteiger partial charge in [-0.05, 0) is 69.1 Å². The lowest BCUT2D eigenvalue weighted by Crippen LogP contribution is -2.55. The topological polar surface area (TPSA) is 150 Å².